The van der Waals surface area contributed by atoms with Crippen LogP contribution in [0, 0.1) is 0 Å². The fourth-order valence-corrected chi connectivity index (χ4v) is 2.44. The molecule has 4 heteroatoms. The molecule has 124 valence electrons. The molecule has 23 heavy (non-hydrogen) atoms. The normalized spacial score (nSPS) is 10.0. The van der Waals surface area contributed by atoms with E-state index in [4.69, 9.17) is 5.73 Å². The predicted molar refractivity (Wildman–Crippen MR) is 98.7 cm³/mol. The van der Waals surface area contributed by atoms with Crippen molar-refractivity contribution in [2.24, 2.45) is 0 Å². The third-order valence-electron chi connectivity index (χ3n) is 3.94. The molecule has 0 saturated heterocycles. The van der Waals surface area contributed by atoms with Gasteiger partial charge >= 0.3 is 0 Å². The lowest BCUT2D eigenvalue weighted by atomic mass is 10.1. The molecule has 0 unspecified atom stereocenters. The number of hydrogen-bond donors (Lipinski definition) is 1. The van der Waals surface area contributed by atoms with Gasteiger partial charge in [-0.05, 0) is 35.6 Å². The van der Waals surface area contributed by atoms with Crippen molar-refractivity contribution in [2.45, 2.75) is 32.7 Å². The Labute approximate surface area is 144 Å². The first-order valence-electron chi connectivity index (χ1n) is 7.75. The number of aryl methyl sites for hydroxylation is 2. The Kier molecular flexibility index (Phi) is 7.63. The standard InChI is InChI=1S/C19H24N2O.ClH/c1-3-15-8-10-16(11-9-15)14-21(2)19(22)13-12-17-6-4-5-7-18(17)20;/h4-11H,3,12-14,20H2,1-2H3;1H. The number of nitrogen functional groups attached to an aromatic ring is 1. The van der Waals surface area contributed by atoms with Crippen molar-refractivity contribution in [3.05, 3.63) is 65.2 Å². The molecule has 2 N–H and O–H groups in total. The zero-order valence-corrected chi connectivity index (χ0v) is 14.6. The van der Waals surface area contributed by atoms with Gasteiger partial charge in [0.2, 0.25) is 5.91 Å². The lowest BCUT2D eigenvalue weighted by molar-refractivity contribution is -0.130. The molecule has 0 radical (unpaired) electrons. The summed E-state index contributed by atoms with van der Waals surface area (Å²) in [5, 5.41) is 0. The molecule has 0 fully saturated rings. The van der Waals surface area contributed by atoms with Crippen LogP contribution in [-0.2, 0) is 24.2 Å². The Bertz CT molecular complexity index is 626. The molecule has 0 atom stereocenters. The summed E-state index contributed by atoms with van der Waals surface area (Å²) in [5.41, 5.74) is 10.2. The van der Waals surface area contributed by atoms with Crippen molar-refractivity contribution in [3.63, 3.8) is 0 Å². The largest absolute Gasteiger partial charge is 0.399 e. The van der Waals surface area contributed by atoms with Crippen LogP contribution in [0.1, 0.15) is 30.0 Å². The fraction of sp³-hybridized carbons (Fsp3) is 0.316. The van der Waals surface area contributed by atoms with Crippen molar-refractivity contribution in [2.75, 3.05) is 12.8 Å². The van der Waals surface area contributed by atoms with Crippen LogP contribution in [0.15, 0.2) is 48.5 Å². The molecular weight excluding hydrogens is 308 g/mol. The highest BCUT2D eigenvalue weighted by Gasteiger charge is 2.10. The van der Waals surface area contributed by atoms with Crippen LogP contribution < -0.4 is 5.73 Å². The number of halogens is 1. The molecule has 0 heterocycles. The van der Waals surface area contributed by atoms with E-state index in [1.807, 2.05) is 31.3 Å². The van der Waals surface area contributed by atoms with E-state index >= 15 is 0 Å². The summed E-state index contributed by atoms with van der Waals surface area (Å²) < 4.78 is 0. The number of anilines is 1. The molecule has 0 aliphatic rings. The van der Waals surface area contributed by atoms with Crippen LogP contribution >= 0.6 is 12.4 Å². The molecule has 1 amide bonds. The van der Waals surface area contributed by atoms with Crippen LogP contribution in [0.5, 0.6) is 0 Å². The maximum absolute atomic E-state index is 12.2. The number of para-hydroxylation sites is 1. The molecule has 0 spiro atoms. The van der Waals surface area contributed by atoms with Crippen molar-refractivity contribution >= 4 is 24.0 Å². The Balaban J connectivity index is 0.00000264. The second-order valence-electron chi connectivity index (χ2n) is 5.62. The van der Waals surface area contributed by atoms with E-state index in [1.165, 1.54) is 5.56 Å². The minimum absolute atomic E-state index is 0. The summed E-state index contributed by atoms with van der Waals surface area (Å²) in [6.45, 7) is 2.78. The summed E-state index contributed by atoms with van der Waals surface area (Å²) in [6.07, 6.45) is 2.20. The van der Waals surface area contributed by atoms with Crippen LogP contribution in [0.4, 0.5) is 5.69 Å². The third kappa shape index (κ3) is 5.61. The van der Waals surface area contributed by atoms with E-state index in [0.29, 0.717) is 19.4 Å². The van der Waals surface area contributed by atoms with E-state index in [-0.39, 0.29) is 18.3 Å². The Morgan fingerprint density at radius 2 is 1.65 bits per heavy atom. The monoisotopic (exact) mass is 332 g/mol. The smallest absolute Gasteiger partial charge is 0.222 e. The molecule has 2 aromatic rings. The van der Waals surface area contributed by atoms with Gasteiger partial charge in [0.25, 0.3) is 0 Å². The number of benzene rings is 2. The molecule has 2 rings (SSSR count). The van der Waals surface area contributed by atoms with Gasteiger partial charge in [-0.25, -0.2) is 0 Å². The SMILES string of the molecule is CCc1ccc(CN(C)C(=O)CCc2ccccc2N)cc1.Cl. The van der Waals surface area contributed by atoms with Gasteiger partial charge in [0.15, 0.2) is 0 Å². The van der Waals surface area contributed by atoms with Gasteiger partial charge in [-0.2, -0.15) is 0 Å². The van der Waals surface area contributed by atoms with Gasteiger partial charge in [-0.3, -0.25) is 4.79 Å². The van der Waals surface area contributed by atoms with Crippen LogP contribution in [0.2, 0.25) is 0 Å². The van der Waals surface area contributed by atoms with Crippen molar-refractivity contribution in [1.29, 1.82) is 0 Å². The maximum atomic E-state index is 12.2. The van der Waals surface area contributed by atoms with Gasteiger partial charge in [0.05, 0.1) is 0 Å². The van der Waals surface area contributed by atoms with Crippen molar-refractivity contribution in [3.8, 4) is 0 Å². The molecule has 2 aromatic carbocycles. The van der Waals surface area contributed by atoms with Crippen molar-refractivity contribution in [1.82, 2.24) is 4.90 Å². The van der Waals surface area contributed by atoms with Crippen LogP contribution in [-0.4, -0.2) is 17.9 Å². The van der Waals surface area contributed by atoms with E-state index < -0.39 is 0 Å². The van der Waals surface area contributed by atoms with Crippen LogP contribution in [0.3, 0.4) is 0 Å². The lowest BCUT2D eigenvalue weighted by Gasteiger charge is -2.18. The molecule has 0 aliphatic carbocycles. The minimum Gasteiger partial charge on any atom is -0.399 e. The quantitative estimate of drug-likeness (QED) is 0.817. The highest BCUT2D eigenvalue weighted by Crippen LogP contribution is 2.14. The summed E-state index contributed by atoms with van der Waals surface area (Å²) >= 11 is 0. The zero-order chi connectivity index (χ0) is 15.9. The molecular formula is C19H25ClN2O. The first kappa shape index (κ1) is 19.0. The minimum atomic E-state index is 0. The van der Waals surface area contributed by atoms with E-state index in [0.717, 1.165) is 23.2 Å². The van der Waals surface area contributed by atoms with Gasteiger partial charge in [-0.15, -0.1) is 12.4 Å². The highest BCUT2D eigenvalue weighted by atomic mass is 35.5. The van der Waals surface area contributed by atoms with Gasteiger partial charge < -0.3 is 10.6 Å². The summed E-state index contributed by atoms with van der Waals surface area (Å²) in [5.74, 6) is 0.142. The van der Waals surface area contributed by atoms with E-state index in [9.17, 15) is 4.79 Å². The Morgan fingerprint density at radius 1 is 1.04 bits per heavy atom. The molecule has 0 aliphatic heterocycles. The molecule has 0 aromatic heterocycles. The maximum Gasteiger partial charge on any atom is 0.222 e. The second kappa shape index (κ2) is 9.21. The Morgan fingerprint density at radius 3 is 2.26 bits per heavy atom. The van der Waals surface area contributed by atoms with E-state index in [1.54, 1.807) is 4.90 Å². The van der Waals surface area contributed by atoms with Crippen LogP contribution in [0.25, 0.3) is 0 Å². The highest BCUT2D eigenvalue weighted by molar-refractivity contribution is 5.85. The van der Waals surface area contributed by atoms with Gasteiger partial charge in [-0.1, -0.05) is 49.4 Å². The second-order valence-corrected chi connectivity index (χ2v) is 5.62. The average Bonchev–Trinajstić information content (AvgIpc) is 2.54. The third-order valence-corrected chi connectivity index (χ3v) is 3.94. The topological polar surface area (TPSA) is 46.3 Å². The first-order chi connectivity index (χ1) is 10.6. The number of nitrogens with zero attached hydrogens (tertiary/aromatic N) is 1. The van der Waals surface area contributed by atoms with Gasteiger partial charge in [0.1, 0.15) is 0 Å². The average molecular weight is 333 g/mol. The zero-order valence-electron chi connectivity index (χ0n) is 13.8. The van der Waals surface area contributed by atoms with E-state index in [2.05, 4.69) is 31.2 Å². The number of amides is 1. The van der Waals surface area contributed by atoms with Crippen molar-refractivity contribution < 1.29 is 4.79 Å². The fourth-order valence-electron chi connectivity index (χ4n) is 2.44. The number of rotatable bonds is 6. The molecule has 3 nitrogen and oxygen atoms in total. The summed E-state index contributed by atoms with van der Waals surface area (Å²) in [7, 11) is 1.85. The lowest BCUT2D eigenvalue weighted by Crippen LogP contribution is -2.26. The number of carbonyl (C=O) groups excluding carboxylic acids is 1. The summed E-state index contributed by atoms with van der Waals surface area (Å²) in [6, 6.07) is 16.2. The Hall–Kier alpha value is -2.00. The predicted octanol–water partition coefficient (Wildman–Crippen LogP) is 3.84. The molecule has 0 bridgehead atoms. The number of hydrogen-bond acceptors (Lipinski definition) is 2. The first-order valence-corrected chi connectivity index (χ1v) is 7.75. The molecule has 0 saturated carbocycles. The number of carbonyl (C=O) groups is 1. The number of nitrogens with two attached hydrogens (primary N) is 1. The summed E-state index contributed by atoms with van der Waals surface area (Å²) in [4.78, 5) is 14.0. The van der Waals surface area contributed by atoms with Gasteiger partial charge in [0, 0.05) is 25.7 Å².